The number of hydrogen-bond donors (Lipinski definition) is 0. The maximum absolute atomic E-state index is 13.2. The van der Waals surface area contributed by atoms with E-state index in [1.165, 1.54) is 26.9 Å². The molecular formula is C21H23NO6. The lowest BCUT2D eigenvalue weighted by Crippen LogP contribution is -2.36. The summed E-state index contributed by atoms with van der Waals surface area (Å²) in [6.45, 7) is 2.25. The maximum atomic E-state index is 13.2. The van der Waals surface area contributed by atoms with E-state index >= 15 is 0 Å². The Labute approximate surface area is 163 Å². The van der Waals surface area contributed by atoms with Crippen molar-refractivity contribution in [1.29, 1.82) is 0 Å². The van der Waals surface area contributed by atoms with E-state index in [9.17, 15) is 4.79 Å². The van der Waals surface area contributed by atoms with Gasteiger partial charge in [-0.25, -0.2) is 0 Å². The summed E-state index contributed by atoms with van der Waals surface area (Å²) in [5.74, 6) is 2.83. The Morgan fingerprint density at radius 1 is 0.893 bits per heavy atom. The van der Waals surface area contributed by atoms with E-state index in [1.54, 1.807) is 12.1 Å². The van der Waals surface area contributed by atoms with Gasteiger partial charge in [0, 0.05) is 18.7 Å². The first-order chi connectivity index (χ1) is 13.6. The zero-order valence-corrected chi connectivity index (χ0v) is 16.2. The van der Waals surface area contributed by atoms with Crippen LogP contribution in [0.2, 0.25) is 0 Å². The highest BCUT2D eigenvalue weighted by atomic mass is 16.6. The molecule has 7 nitrogen and oxygen atoms in total. The smallest absolute Gasteiger partial charge is 0.254 e. The zero-order valence-electron chi connectivity index (χ0n) is 16.2. The standard InChI is InChI=1S/C21H23NO6/c1-24-18-9-14(10-19(25-2)20(18)26-3)21(23)22-5-4-13-8-16-17(11-15(13)12-22)28-7-6-27-16/h8-11H,4-7,12H2,1-3H3. The fraction of sp³-hybridized carbons (Fsp3) is 0.381. The van der Waals surface area contributed by atoms with Gasteiger partial charge in [-0.2, -0.15) is 0 Å². The molecule has 2 aromatic rings. The van der Waals surface area contributed by atoms with Crippen LogP contribution < -0.4 is 23.7 Å². The monoisotopic (exact) mass is 385 g/mol. The highest BCUT2D eigenvalue weighted by Gasteiger charge is 2.26. The predicted molar refractivity (Wildman–Crippen MR) is 102 cm³/mol. The summed E-state index contributed by atoms with van der Waals surface area (Å²) in [6, 6.07) is 7.38. The fourth-order valence-electron chi connectivity index (χ4n) is 3.65. The average Bonchev–Trinajstić information content (AvgIpc) is 2.75. The van der Waals surface area contributed by atoms with E-state index in [-0.39, 0.29) is 5.91 Å². The maximum Gasteiger partial charge on any atom is 0.254 e. The Morgan fingerprint density at radius 3 is 2.07 bits per heavy atom. The minimum absolute atomic E-state index is 0.0835. The lowest BCUT2D eigenvalue weighted by Gasteiger charge is -2.31. The first-order valence-corrected chi connectivity index (χ1v) is 9.15. The molecule has 0 unspecified atom stereocenters. The second-order valence-electron chi connectivity index (χ2n) is 6.66. The molecule has 0 bridgehead atoms. The molecule has 0 radical (unpaired) electrons. The predicted octanol–water partition coefficient (Wildman–Crippen LogP) is 2.68. The molecular weight excluding hydrogens is 362 g/mol. The Hall–Kier alpha value is -3.09. The van der Waals surface area contributed by atoms with E-state index in [2.05, 4.69) is 0 Å². The number of methoxy groups -OCH3 is 3. The number of nitrogens with zero attached hydrogens (tertiary/aromatic N) is 1. The van der Waals surface area contributed by atoms with Crippen LogP contribution in [-0.2, 0) is 13.0 Å². The summed E-state index contributed by atoms with van der Waals surface area (Å²) < 4.78 is 27.4. The molecule has 0 aromatic heterocycles. The number of hydrogen-bond acceptors (Lipinski definition) is 6. The Kier molecular flexibility index (Phi) is 4.90. The van der Waals surface area contributed by atoms with Crippen molar-refractivity contribution >= 4 is 5.91 Å². The van der Waals surface area contributed by atoms with E-state index in [0.717, 1.165) is 23.5 Å². The molecule has 2 aliphatic rings. The van der Waals surface area contributed by atoms with Crippen LogP contribution in [-0.4, -0.2) is 51.9 Å². The molecule has 0 spiro atoms. The van der Waals surface area contributed by atoms with Crippen LogP contribution in [0.25, 0.3) is 0 Å². The van der Waals surface area contributed by atoms with Crippen LogP contribution in [0.3, 0.4) is 0 Å². The quantitative estimate of drug-likeness (QED) is 0.806. The van der Waals surface area contributed by atoms with Gasteiger partial charge in [0.25, 0.3) is 5.91 Å². The van der Waals surface area contributed by atoms with Crippen LogP contribution in [0.4, 0.5) is 0 Å². The van der Waals surface area contributed by atoms with Crippen molar-refractivity contribution in [3.8, 4) is 28.7 Å². The van der Waals surface area contributed by atoms with E-state index in [4.69, 9.17) is 23.7 Å². The van der Waals surface area contributed by atoms with Gasteiger partial charge in [-0.05, 0) is 41.8 Å². The largest absolute Gasteiger partial charge is 0.493 e. The van der Waals surface area contributed by atoms with Crippen molar-refractivity contribution < 1.29 is 28.5 Å². The Balaban J connectivity index is 1.61. The van der Waals surface area contributed by atoms with Gasteiger partial charge in [0.05, 0.1) is 21.3 Å². The van der Waals surface area contributed by atoms with E-state index < -0.39 is 0 Å². The third-order valence-electron chi connectivity index (χ3n) is 5.08. The first-order valence-electron chi connectivity index (χ1n) is 9.15. The molecule has 0 saturated carbocycles. The van der Waals surface area contributed by atoms with Crippen LogP contribution >= 0.6 is 0 Å². The van der Waals surface area contributed by atoms with Crippen LogP contribution in [0.15, 0.2) is 24.3 Å². The minimum atomic E-state index is -0.0835. The summed E-state index contributed by atoms with van der Waals surface area (Å²) in [6.07, 6.45) is 0.766. The third kappa shape index (κ3) is 3.17. The van der Waals surface area contributed by atoms with Gasteiger partial charge >= 0.3 is 0 Å². The van der Waals surface area contributed by atoms with E-state index in [0.29, 0.717) is 49.1 Å². The summed E-state index contributed by atoms with van der Waals surface area (Å²) in [5, 5.41) is 0. The lowest BCUT2D eigenvalue weighted by molar-refractivity contribution is 0.0733. The number of amides is 1. The van der Waals surface area contributed by atoms with Crippen LogP contribution in [0, 0.1) is 0 Å². The summed E-state index contributed by atoms with van der Waals surface area (Å²) in [7, 11) is 4.61. The van der Waals surface area contributed by atoms with Crippen molar-refractivity contribution in [2.75, 3.05) is 41.1 Å². The molecule has 0 aliphatic carbocycles. The SMILES string of the molecule is COc1cc(C(=O)N2CCc3cc4c(cc3C2)OCCO4)cc(OC)c1OC. The number of ether oxygens (including phenoxy) is 5. The van der Waals surface area contributed by atoms with Gasteiger partial charge < -0.3 is 28.6 Å². The topological polar surface area (TPSA) is 66.5 Å². The summed E-state index contributed by atoms with van der Waals surface area (Å²) in [5.41, 5.74) is 2.77. The molecule has 0 saturated heterocycles. The Morgan fingerprint density at radius 2 is 1.50 bits per heavy atom. The number of fused-ring (bicyclic) bond motifs is 2. The molecule has 148 valence electrons. The highest BCUT2D eigenvalue weighted by Crippen LogP contribution is 2.39. The van der Waals surface area contributed by atoms with E-state index in [1.807, 2.05) is 17.0 Å². The van der Waals surface area contributed by atoms with Gasteiger partial charge in [0.15, 0.2) is 23.0 Å². The fourth-order valence-corrected chi connectivity index (χ4v) is 3.65. The number of rotatable bonds is 4. The van der Waals surface area contributed by atoms with Gasteiger partial charge in [0.1, 0.15) is 13.2 Å². The average molecular weight is 385 g/mol. The van der Waals surface area contributed by atoms with Crippen molar-refractivity contribution in [1.82, 2.24) is 4.90 Å². The molecule has 7 heteroatoms. The molecule has 2 heterocycles. The number of carbonyl (C=O) groups excluding carboxylic acids is 1. The van der Waals surface area contributed by atoms with Gasteiger partial charge in [-0.1, -0.05) is 0 Å². The molecule has 0 fully saturated rings. The number of benzene rings is 2. The second-order valence-corrected chi connectivity index (χ2v) is 6.66. The molecule has 2 aromatic carbocycles. The normalized spacial score (nSPS) is 14.9. The van der Waals surface area contributed by atoms with Crippen molar-refractivity contribution in [2.24, 2.45) is 0 Å². The van der Waals surface area contributed by atoms with Crippen LogP contribution in [0.5, 0.6) is 28.7 Å². The molecule has 28 heavy (non-hydrogen) atoms. The van der Waals surface area contributed by atoms with Gasteiger partial charge in [-0.3, -0.25) is 4.79 Å². The van der Waals surface area contributed by atoms with Gasteiger partial charge in [0.2, 0.25) is 5.75 Å². The summed E-state index contributed by atoms with van der Waals surface area (Å²) in [4.78, 5) is 15.0. The summed E-state index contributed by atoms with van der Waals surface area (Å²) >= 11 is 0. The minimum Gasteiger partial charge on any atom is -0.493 e. The Bertz CT molecular complexity index is 885. The van der Waals surface area contributed by atoms with Crippen molar-refractivity contribution in [3.05, 3.63) is 41.0 Å². The van der Waals surface area contributed by atoms with Gasteiger partial charge in [-0.15, -0.1) is 0 Å². The molecule has 0 atom stereocenters. The zero-order chi connectivity index (χ0) is 19.7. The molecule has 1 amide bonds. The van der Waals surface area contributed by atoms with Crippen LogP contribution in [0.1, 0.15) is 21.5 Å². The first kappa shape index (κ1) is 18.3. The molecule has 0 N–H and O–H groups in total. The molecule has 4 rings (SSSR count). The molecule has 2 aliphatic heterocycles. The highest BCUT2D eigenvalue weighted by molar-refractivity contribution is 5.95. The lowest BCUT2D eigenvalue weighted by atomic mass is 9.98. The third-order valence-corrected chi connectivity index (χ3v) is 5.08. The number of carbonyl (C=O) groups is 1. The second kappa shape index (κ2) is 7.50. The van der Waals surface area contributed by atoms with Crippen molar-refractivity contribution in [3.63, 3.8) is 0 Å². The van der Waals surface area contributed by atoms with Crippen molar-refractivity contribution in [2.45, 2.75) is 13.0 Å².